The average Bonchev–Trinajstić information content (AvgIpc) is 2.76. The molecule has 0 bridgehead atoms. The average molecular weight is 233 g/mol. The minimum Gasteiger partial charge on any atom is -0.339 e. The van der Waals surface area contributed by atoms with Crippen molar-refractivity contribution in [2.24, 2.45) is 5.73 Å². The van der Waals surface area contributed by atoms with Crippen LogP contribution < -0.4 is 5.73 Å². The summed E-state index contributed by atoms with van der Waals surface area (Å²) in [6.07, 6.45) is 4.94. The summed E-state index contributed by atoms with van der Waals surface area (Å²) < 4.78 is 5.10. The number of nitrogens with two attached hydrogens (primary N) is 1. The first-order valence-corrected chi connectivity index (χ1v) is 5.52. The largest absolute Gasteiger partial charge is 0.339 e. The topological polar surface area (TPSA) is 90.7 Å². The molecule has 2 rings (SSSR count). The first-order valence-electron chi connectivity index (χ1n) is 5.52. The van der Waals surface area contributed by atoms with Crippen molar-refractivity contribution in [1.29, 1.82) is 0 Å². The molecule has 0 radical (unpaired) electrons. The second-order valence-electron chi connectivity index (χ2n) is 4.11. The van der Waals surface area contributed by atoms with Crippen LogP contribution in [0.25, 0.3) is 11.6 Å². The molecule has 1 unspecified atom stereocenters. The van der Waals surface area contributed by atoms with E-state index in [4.69, 9.17) is 10.3 Å². The number of hydrogen-bond acceptors (Lipinski definition) is 6. The summed E-state index contributed by atoms with van der Waals surface area (Å²) in [5.41, 5.74) is 6.66. The van der Waals surface area contributed by atoms with Crippen molar-refractivity contribution in [3.8, 4) is 11.6 Å². The summed E-state index contributed by atoms with van der Waals surface area (Å²) in [5, 5.41) is 3.84. The smallest absolute Gasteiger partial charge is 0.240 e. The molecule has 17 heavy (non-hydrogen) atoms. The molecule has 0 aromatic carbocycles. The Hall–Kier alpha value is -1.82. The number of rotatable bonds is 4. The Morgan fingerprint density at radius 1 is 1.29 bits per heavy atom. The van der Waals surface area contributed by atoms with E-state index in [0.717, 1.165) is 12.0 Å². The monoisotopic (exact) mass is 233 g/mol. The molecule has 0 aliphatic heterocycles. The van der Waals surface area contributed by atoms with Gasteiger partial charge in [0.25, 0.3) is 0 Å². The summed E-state index contributed by atoms with van der Waals surface area (Å²) in [5.74, 6) is 1.47. The molecule has 0 saturated heterocycles. The molecule has 0 aliphatic rings. The fourth-order valence-corrected chi connectivity index (χ4v) is 1.31. The summed E-state index contributed by atoms with van der Waals surface area (Å²) >= 11 is 0. The molecular formula is C11H15N5O. The molecule has 1 atom stereocenters. The number of nitrogens with zero attached hydrogens (tertiary/aromatic N) is 4. The van der Waals surface area contributed by atoms with Crippen molar-refractivity contribution in [1.82, 2.24) is 20.1 Å². The van der Waals surface area contributed by atoms with E-state index in [1.165, 1.54) is 0 Å². The summed E-state index contributed by atoms with van der Waals surface area (Å²) in [4.78, 5) is 12.5. The lowest BCUT2D eigenvalue weighted by atomic mass is 10.2. The zero-order valence-electron chi connectivity index (χ0n) is 9.92. The van der Waals surface area contributed by atoms with Crippen LogP contribution in [-0.4, -0.2) is 26.2 Å². The molecule has 2 aromatic rings. The summed E-state index contributed by atoms with van der Waals surface area (Å²) in [7, 11) is 0. The maximum Gasteiger partial charge on any atom is 0.240 e. The van der Waals surface area contributed by atoms with Crippen LogP contribution in [0.2, 0.25) is 0 Å². The second-order valence-corrected chi connectivity index (χ2v) is 4.11. The van der Waals surface area contributed by atoms with E-state index >= 15 is 0 Å². The molecule has 0 aliphatic carbocycles. The zero-order chi connectivity index (χ0) is 12.3. The molecule has 0 amide bonds. The molecule has 6 nitrogen and oxygen atoms in total. The van der Waals surface area contributed by atoms with Gasteiger partial charge in [-0.1, -0.05) is 5.16 Å². The van der Waals surface area contributed by atoms with E-state index in [1.807, 2.05) is 13.8 Å². The lowest BCUT2D eigenvalue weighted by Crippen LogP contribution is -2.15. The second kappa shape index (κ2) is 5.01. The Morgan fingerprint density at radius 2 is 2.00 bits per heavy atom. The van der Waals surface area contributed by atoms with Gasteiger partial charge in [0, 0.05) is 24.9 Å². The van der Waals surface area contributed by atoms with Crippen molar-refractivity contribution in [3.05, 3.63) is 23.8 Å². The highest BCUT2D eigenvalue weighted by atomic mass is 16.5. The summed E-state index contributed by atoms with van der Waals surface area (Å²) in [6, 6.07) is 0.126. The van der Waals surface area contributed by atoms with Gasteiger partial charge in [-0.05, 0) is 25.8 Å². The Morgan fingerprint density at radius 3 is 2.65 bits per heavy atom. The minimum absolute atomic E-state index is 0.126. The molecule has 2 heterocycles. The Bertz CT molecular complexity index is 477. The van der Waals surface area contributed by atoms with Crippen LogP contribution in [0, 0.1) is 6.92 Å². The SMILES string of the molecule is Cc1cnc(-c2noc(CCC(C)N)n2)nc1. The quantitative estimate of drug-likeness (QED) is 0.850. The standard InChI is InChI=1S/C11H15N5O/c1-7-5-13-10(14-6-7)11-15-9(17-16-11)4-3-8(2)12/h5-6,8H,3-4,12H2,1-2H3. The van der Waals surface area contributed by atoms with Crippen LogP contribution in [0.1, 0.15) is 24.8 Å². The van der Waals surface area contributed by atoms with Crippen molar-refractivity contribution < 1.29 is 4.52 Å². The van der Waals surface area contributed by atoms with E-state index in [2.05, 4.69) is 20.1 Å². The van der Waals surface area contributed by atoms with Gasteiger partial charge in [-0.2, -0.15) is 4.98 Å². The van der Waals surface area contributed by atoms with Gasteiger partial charge in [-0.25, -0.2) is 9.97 Å². The van der Waals surface area contributed by atoms with Crippen molar-refractivity contribution in [2.45, 2.75) is 32.7 Å². The van der Waals surface area contributed by atoms with Crippen LogP contribution in [0.15, 0.2) is 16.9 Å². The van der Waals surface area contributed by atoms with Crippen molar-refractivity contribution in [2.75, 3.05) is 0 Å². The number of aromatic nitrogens is 4. The molecular weight excluding hydrogens is 218 g/mol. The Balaban J connectivity index is 2.10. The van der Waals surface area contributed by atoms with Gasteiger partial charge in [0.2, 0.25) is 17.5 Å². The van der Waals surface area contributed by atoms with Gasteiger partial charge in [0.15, 0.2) is 0 Å². The molecule has 2 N–H and O–H groups in total. The van der Waals surface area contributed by atoms with Gasteiger partial charge >= 0.3 is 0 Å². The number of aryl methyl sites for hydroxylation is 2. The first kappa shape index (κ1) is 11.7. The van der Waals surface area contributed by atoms with Crippen LogP contribution in [-0.2, 0) is 6.42 Å². The lowest BCUT2D eigenvalue weighted by Gasteiger charge is -1.99. The van der Waals surface area contributed by atoms with Crippen LogP contribution in [0.5, 0.6) is 0 Å². The van der Waals surface area contributed by atoms with Gasteiger partial charge in [0.05, 0.1) is 0 Å². The summed E-state index contributed by atoms with van der Waals surface area (Å²) in [6.45, 7) is 3.87. The molecule has 0 saturated carbocycles. The van der Waals surface area contributed by atoms with Crippen LogP contribution in [0.3, 0.4) is 0 Å². The van der Waals surface area contributed by atoms with Crippen molar-refractivity contribution in [3.63, 3.8) is 0 Å². The van der Waals surface area contributed by atoms with Crippen molar-refractivity contribution >= 4 is 0 Å². The maximum atomic E-state index is 5.66. The van der Waals surface area contributed by atoms with E-state index in [-0.39, 0.29) is 6.04 Å². The molecule has 0 fully saturated rings. The highest BCUT2D eigenvalue weighted by Gasteiger charge is 2.11. The third-order valence-electron chi connectivity index (χ3n) is 2.26. The number of hydrogen-bond donors (Lipinski definition) is 1. The van der Waals surface area contributed by atoms with Crippen LogP contribution in [0.4, 0.5) is 0 Å². The van der Waals surface area contributed by atoms with Gasteiger partial charge in [-0.3, -0.25) is 0 Å². The Labute approximate surface area is 99.3 Å². The van der Waals surface area contributed by atoms with E-state index < -0.39 is 0 Å². The minimum atomic E-state index is 0.126. The van der Waals surface area contributed by atoms with Gasteiger partial charge < -0.3 is 10.3 Å². The highest BCUT2D eigenvalue weighted by molar-refractivity contribution is 5.40. The van der Waals surface area contributed by atoms with E-state index in [9.17, 15) is 0 Å². The fourth-order valence-electron chi connectivity index (χ4n) is 1.31. The molecule has 2 aromatic heterocycles. The van der Waals surface area contributed by atoms with Gasteiger partial charge in [-0.15, -0.1) is 0 Å². The lowest BCUT2D eigenvalue weighted by molar-refractivity contribution is 0.372. The fraction of sp³-hybridized carbons (Fsp3) is 0.455. The molecule has 90 valence electrons. The van der Waals surface area contributed by atoms with E-state index in [0.29, 0.717) is 24.0 Å². The third-order valence-corrected chi connectivity index (χ3v) is 2.26. The van der Waals surface area contributed by atoms with E-state index in [1.54, 1.807) is 12.4 Å². The maximum absolute atomic E-state index is 5.66. The predicted octanol–water partition coefficient (Wildman–Crippen LogP) is 1.11. The third kappa shape index (κ3) is 3.07. The Kier molecular flexibility index (Phi) is 3.43. The zero-order valence-corrected chi connectivity index (χ0v) is 9.92. The van der Waals surface area contributed by atoms with Crippen LogP contribution >= 0.6 is 0 Å². The first-order chi connectivity index (χ1) is 8.15. The highest BCUT2D eigenvalue weighted by Crippen LogP contribution is 2.11. The normalized spacial score (nSPS) is 12.6. The van der Waals surface area contributed by atoms with Gasteiger partial charge in [0.1, 0.15) is 0 Å². The predicted molar refractivity (Wildman–Crippen MR) is 62.0 cm³/mol. The molecule has 0 spiro atoms. The molecule has 6 heteroatoms.